The molecule has 0 aromatic heterocycles. The molecule has 0 bridgehead atoms. The second kappa shape index (κ2) is 11.3. The second-order valence-electron chi connectivity index (χ2n) is 9.46. The smallest absolute Gasteiger partial charge is 0.321 e. The fraction of sp³-hybridized carbons (Fsp3) is 0.444. The van der Waals surface area contributed by atoms with Crippen LogP contribution in [-0.2, 0) is 4.79 Å². The molecule has 4 rings (SSSR count). The highest BCUT2D eigenvalue weighted by Gasteiger charge is 2.34. The van der Waals surface area contributed by atoms with Gasteiger partial charge in [0.1, 0.15) is 6.04 Å². The number of carbonyl (C=O) groups excluding carboxylic acids is 3. The van der Waals surface area contributed by atoms with Crippen molar-refractivity contribution in [2.75, 3.05) is 25.2 Å². The molecule has 36 heavy (non-hydrogen) atoms. The zero-order valence-corrected chi connectivity index (χ0v) is 21.0. The van der Waals surface area contributed by atoms with Gasteiger partial charge in [0.2, 0.25) is 12.7 Å². The van der Waals surface area contributed by atoms with Crippen molar-refractivity contribution >= 4 is 23.5 Å². The first-order valence-corrected chi connectivity index (χ1v) is 12.5. The summed E-state index contributed by atoms with van der Waals surface area (Å²) in [4.78, 5) is 40.8. The molecular formula is C27H34N4O5. The summed E-state index contributed by atoms with van der Waals surface area (Å²) in [6, 6.07) is 11.7. The Kier molecular flexibility index (Phi) is 7.97. The number of urea groups is 1. The van der Waals surface area contributed by atoms with E-state index in [1.807, 2.05) is 45.0 Å². The number of carbonyl (C=O) groups is 3. The van der Waals surface area contributed by atoms with E-state index in [-0.39, 0.29) is 36.6 Å². The summed E-state index contributed by atoms with van der Waals surface area (Å²) in [5.74, 6) is 0.443. The third-order valence-electron chi connectivity index (χ3n) is 6.81. The maximum Gasteiger partial charge on any atom is 0.321 e. The summed E-state index contributed by atoms with van der Waals surface area (Å²) in [6.07, 6.45) is 1.98. The molecule has 2 aromatic carbocycles. The van der Waals surface area contributed by atoms with Gasteiger partial charge in [-0.15, -0.1) is 0 Å². The van der Waals surface area contributed by atoms with Crippen LogP contribution in [0.25, 0.3) is 0 Å². The van der Waals surface area contributed by atoms with Gasteiger partial charge in [0.05, 0.1) is 0 Å². The Hall–Kier alpha value is -3.75. The van der Waals surface area contributed by atoms with Gasteiger partial charge in [0, 0.05) is 30.4 Å². The number of amides is 4. The quantitative estimate of drug-likeness (QED) is 0.544. The van der Waals surface area contributed by atoms with Crippen molar-refractivity contribution in [1.82, 2.24) is 15.5 Å². The maximum atomic E-state index is 13.2. The van der Waals surface area contributed by atoms with Crippen molar-refractivity contribution in [3.63, 3.8) is 0 Å². The Morgan fingerprint density at radius 3 is 2.39 bits per heavy atom. The third kappa shape index (κ3) is 6.08. The molecule has 0 unspecified atom stereocenters. The van der Waals surface area contributed by atoms with Crippen molar-refractivity contribution < 1.29 is 23.9 Å². The van der Waals surface area contributed by atoms with Gasteiger partial charge in [-0.1, -0.05) is 24.6 Å². The minimum absolute atomic E-state index is 0.0113. The van der Waals surface area contributed by atoms with Gasteiger partial charge >= 0.3 is 6.03 Å². The number of hydrogen-bond acceptors (Lipinski definition) is 5. The molecule has 192 valence electrons. The standard InChI is InChI=1S/C27H34N4O5/c1-4-18(3)28-26(33)24(30-25(32)20-7-10-22-23(15-20)36-16-35-22)19-11-13-31(14-12-19)27(34)29-21-8-5-17(2)6-9-21/h5-10,15,18-19,24H,4,11-14,16H2,1-3H3,(H,28,33)(H,29,34)(H,30,32)/t18-,24-/m1/s1. The first kappa shape index (κ1) is 25.3. The molecule has 0 aliphatic carbocycles. The average Bonchev–Trinajstić information content (AvgIpc) is 3.36. The number of anilines is 1. The highest BCUT2D eigenvalue weighted by Crippen LogP contribution is 2.32. The van der Waals surface area contributed by atoms with Crippen LogP contribution in [0.4, 0.5) is 10.5 Å². The highest BCUT2D eigenvalue weighted by atomic mass is 16.7. The molecule has 2 aromatic rings. The van der Waals surface area contributed by atoms with Crippen molar-refractivity contribution in [1.29, 1.82) is 0 Å². The lowest BCUT2D eigenvalue weighted by molar-refractivity contribution is -0.125. The van der Waals surface area contributed by atoms with E-state index in [4.69, 9.17) is 9.47 Å². The summed E-state index contributed by atoms with van der Waals surface area (Å²) in [6.45, 7) is 7.04. The molecular weight excluding hydrogens is 460 g/mol. The summed E-state index contributed by atoms with van der Waals surface area (Å²) in [5, 5.41) is 8.88. The lowest BCUT2D eigenvalue weighted by Gasteiger charge is -2.36. The van der Waals surface area contributed by atoms with Gasteiger partial charge in [-0.2, -0.15) is 0 Å². The number of fused-ring (bicyclic) bond motifs is 1. The molecule has 2 heterocycles. The van der Waals surface area contributed by atoms with Crippen LogP contribution in [0.15, 0.2) is 42.5 Å². The van der Waals surface area contributed by atoms with Crippen LogP contribution in [0, 0.1) is 12.8 Å². The van der Waals surface area contributed by atoms with E-state index in [0.29, 0.717) is 43.0 Å². The van der Waals surface area contributed by atoms with Gasteiger partial charge < -0.3 is 30.3 Å². The van der Waals surface area contributed by atoms with Crippen LogP contribution in [0.2, 0.25) is 0 Å². The molecule has 0 spiro atoms. The highest BCUT2D eigenvalue weighted by molar-refractivity contribution is 5.98. The van der Waals surface area contributed by atoms with E-state index in [2.05, 4.69) is 16.0 Å². The summed E-state index contributed by atoms with van der Waals surface area (Å²) >= 11 is 0. The van der Waals surface area contributed by atoms with Crippen molar-refractivity contribution in [3.8, 4) is 11.5 Å². The lowest BCUT2D eigenvalue weighted by atomic mass is 9.88. The molecule has 2 aliphatic heterocycles. The predicted molar refractivity (Wildman–Crippen MR) is 136 cm³/mol. The van der Waals surface area contributed by atoms with Crippen LogP contribution in [-0.4, -0.2) is 54.7 Å². The number of aryl methyl sites for hydroxylation is 1. The maximum absolute atomic E-state index is 13.2. The fourth-order valence-corrected chi connectivity index (χ4v) is 4.37. The van der Waals surface area contributed by atoms with Crippen LogP contribution in [0.1, 0.15) is 49.0 Å². The van der Waals surface area contributed by atoms with E-state index in [1.54, 1.807) is 23.1 Å². The molecule has 9 nitrogen and oxygen atoms in total. The van der Waals surface area contributed by atoms with E-state index in [1.165, 1.54) is 0 Å². The zero-order valence-electron chi connectivity index (χ0n) is 21.0. The fourth-order valence-electron chi connectivity index (χ4n) is 4.37. The van der Waals surface area contributed by atoms with Crippen molar-refractivity contribution in [2.24, 2.45) is 5.92 Å². The number of likely N-dealkylation sites (tertiary alicyclic amines) is 1. The Bertz CT molecular complexity index is 1100. The molecule has 2 aliphatic rings. The molecule has 1 saturated heterocycles. The number of rotatable bonds is 7. The number of hydrogen-bond donors (Lipinski definition) is 3. The Morgan fingerprint density at radius 1 is 1.00 bits per heavy atom. The summed E-state index contributed by atoms with van der Waals surface area (Å²) < 4.78 is 10.7. The van der Waals surface area contributed by atoms with Gasteiger partial charge in [-0.05, 0) is 69.4 Å². The summed E-state index contributed by atoms with van der Waals surface area (Å²) in [7, 11) is 0. The number of nitrogens with zero attached hydrogens (tertiary/aromatic N) is 1. The number of nitrogens with one attached hydrogen (secondary N) is 3. The molecule has 3 N–H and O–H groups in total. The number of benzene rings is 2. The van der Waals surface area contributed by atoms with E-state index in [0.717, 1.165) is 17.7 Å². The van der Waals surface area contributed by atoms with Gasteiger partial charge in [0.15, 0.2) is 11.5 Å². The first-order valence-electron chi connectivity index (χ1n) is 12.5. The topological polar surface area (TPSA) is 109 Å². The van der Waals surface area contributed by atoms with E-state index >= 15 is 0 Å². The van der Waals surface area contributed by atoms with Crippen LogP contribution >= 0.6 is 0 Å². The molecule has 1 fully saturated rings. The van der Waals surface area contributed by atoms with Crippen LogP contribution in [0.5, 0.6) is 11.5 Å². The molecule has 0 saturated carbocycles. The molecule has 2 atom stereocenters. The first-order chi connectivity index (χ1) is 17.3. The zero-order chi connectivity index (χ0) is 25.7. The van der Waals surface area contributed by atoms with E-state index < -0.39 is 6.04 Å². The monoisotopic (exact) mass is 494 g/mol. The van der Waals surface area contributed by atoms with E-state index in [9.17, 15) is 14.4 Å². The third-order valence-corrected chi connectivity index (χ3v) is 6.81. The predicted octanol–water partition coefficient (Wildman–Crippen LogP) is 3.68. The lowest BCUT2D eigenvalue weighted by Crippen LogP contribution is -2.55. The van der Waals surface area contributed by atoms with Crippen LogP contribution < -0.4 is 25.4 Å². The van der Waals surface area contributed by atoms with Crippen molar-refractivity contribution in [2.45, 2.75) is 52.1 Å². The van der Waals surface area contributed by atoms with Crippen LogP contribution in [0.3, 0.4) is 0 Å². The minimum Gasteiger partial charge on any atom is -0.454 e. The SMILES string of the molecule is CC[C@@H](C)NC(=O)[C@H](NC(=O)c1ccc2c(c1)OCO2)C1CCN(C(=O)Nc2ccc(C)cc2)CC1. The van der Waals surface area contributed by atoms with Gasteiger partial charge in [-0.3, -0.25) is 9.59 Å². The average molecular weight is 495 g/mol. The Morgan fingerprint density at radius 2 is 1.69 bits per heavy atom. The normalized spacial score (nSPS) is 16.7. The number of ether oxygens (including phenoxy) is 2. The van der Waals surface area contributed by atoms with Crippen molar-refractivity contribution in [3.05, 3.63) is 53.6 Å². The molecule has 4 amide bonds. The molecule has 9 heteroatoms. The Balaban J connectivity index is 1.40. The largest absolute Gasteiger partial charge is 0.454 e. The second-order valence-corrected chi connectivity index (χ2v) is 9.46. The molecule has 0 radical (unpaired) electrons. The minimum atomic E-state index is -0.709. The number of piperidine rings is 1. The van der Waals surface area contributed by atoms with Gasteiger partial charge in [0.25, 0.3) is 5.91 Å². The summed E-state index contributed by atoms with van der Waals surface area (Å²) in [5.41, 5.74) is 2.27. The Labute approximate surface area is 211 Å². The van der Waals surface area contributed by atoms with Gasteiger partial charge in [-0.25, -0.2) is 4.79 Å².